The van der Waals surface area contributed by atoms with Crippen molar-refractivity contribution in [3.63, 3.8) is 0 Å². The van der Waals surface area contributed by atoms with Gasteiger partial charge < -0.3 is 24.6 Å². The second-order valence-corrected chi connectivity index (χ2v) is 8.57. The summed E-state index contributed by atoms with van der Waals surface area (Å²) in [5, 5.41) is 16.3. The number of rotatable bonds is 10. The molecule has 1 amide bonds. The zero-order chi connectivity index (χ0) is 24.5. The number of nitrogens with zero attached hydrogens (tertiary/aromatic N) is 2. The number of hydrogen-bond acceptors (Lipinski definition) is 6. The van der Waals surface area contributed by atoms with Crippen LogP contribution in [0.2, 0.25) is 0 Å². The summed E-state index contributed by atoms with van der Waals surface area (Å²) >= 11 is 0. The minimum Gasteiger partial charge on any atom is -0.496 e. The number of fused-ring (bicyclic) bond motifs is 1. The molecule has 182 valence electrons. The third-order valence-corrected chi connectivity index (χ3v) is 5.72. The number of carbonyl (C=O) groups is 1. The lowest BCUT2D eigenvalue weighted by atomic mass is 9.98. The zero-order valence-electron chi connectivity index (χ0n) is 19.2. The Morgan fingerprint density at radius 3 is 2.68 bits per heavy atom. The number of aliphatic hydroxyl groups is 1. The Kier molecular flexibility index (Phi) is 6.72. The molecule has 10 heteroatoms. The number of nitrogens with one attached hydrogen (secondary N) is 1. The van der Waals surface area contributed by atoms with E-state index in [0.29, 0.717) is 16.6 Å². The minimum atomic E-state index is -3.11. The number of aromatic nitrogens is 2. The van der Waals surface area contributed by atoms with Crippen molar-refractivity contribution < 1.29 is 32.9 Å². The van der Waals surface area contributed by atoms with Crippen LogP contribution >= 0.6 is 0 Å². The van der Waals surface area contributed by atoms with Crippen LogP contribution in [0.4, 0.5) is 8.78 Å². The van der Waals surface area contributed by atoms with E-state index in [4.69, 9.17) is 19.3 Å². The van der Waals surface area contributed by atoms with Crippen molar-refractivity contribution in [2.24, 2.45) is 0 Å². The number of alkyl halides is 2. The number of carbonyl (C=O) groups excluding carboxylic acids is 1. The van der Waals surface area contributed by atoms with Crippen molar-refractivity contribution in [2.75, 3.05) is 20.3 Å². The molecule has 2 aromatic heterocycles. The fourth-order valence-corrected chi connectivity index (χ4v) is 3.75. The summed E-state index contributed by atoms with van der Waals surface area (Å²) in [6.07, 6.45) is 5.11. The van der Waals surface area contributed by atoms with Crippen LogP contribution in [-0.4, -0.2) is 53.6 Å². The lowest BCUT2D eigenvalue weighted by Gasteiger charge is -2.25. The zero-order valence-corrected chi connectivity index (χ0v) is 19.2. The average Bonchev–Trinajstić information content (AvgIpc) is 3.51. The largest absolute Gasteiger partial charge is 0.496 e. The Bertz CT molecular complexity index is 1190. The molecule has 0 spiro atoms. The van der Waals surface area contributed by atoms with Gasteiger partial charge in [0.2, 0.25) is 0 Å². The first-order chi connectivity index (χ1) is 16.2. The monoisotopic (exact) mass is 475 g/mol. The van der Waals surface area contributed by atoms with Gasteiger partial charge in [0.1, 0.15) is 17.1 Å². The molecule has 8 nitrogen and oxygen atoms in total. The average molecular weight is 475 g/mol. The number of methoxy groups -OCH3 is 1. The molecule has 0 aliphatic heterocycles. The van der Waals surface area contributed by atoms with Gasteiger partial charge in [-0.15, -0.1) is 0 Å². The third-order valence-electron chi connectivity index (χ3n) is 5.72. The van der Waals surface area contributed by atoms with Crippen molar-refractivity contribution in [1.82, 2.24) is 14.9 Å². The van der Waals surface area contributed by atoms with Crippen LogP contribution in [0.15, 0.2) is 36.7 Å². The summed E-state index contributed by atoms with van der Waals surface area (Å²) in [6.45, 7) is 0.775. The first kappa shape index (κ1) is 23.9. The highest BCUT2D eigenvalue weighted by Gasteiger charge is 2.29. The molecule has 2 heterocycles. The Hall–Kier alpha value is -3.24. The number of amides is 1. The molecular weight excluding hydrogens is 448 g/mol. The van der Waals surface area contributed by atoms with Crippen LogP contribution in [0.1, 0.15) is 42.6 Å². The van der Waals surface area contributed by atoms with E-state index in [1.54, 1.807) is 16.8 Å². The van der Waals surface area contributed by atoms with Crippen LogP contribution in [0, 0.1) is 0 Å². The topological polar surface area (TPSA) is 94.3 Å². The molecule has 1 aliphatic rings. The van der Waals surface area contributed by atoms with Gasteiger partial charge in [-0.05, 0) is 50.5 Å². The predicted octanol–water partition coefficient (Wildman–Crippen LogP) is 3.75. The number of benzene rings is 1. The summed E-state index contributed by atoms with van der Waals surface area (Å²) < 4.78 is 43.9. The van der Waals surface area contributed by atoms with Crippen molar-refractivity contribution in [1.29, 1.82) is 0 Å². The summed E-state index contributed by atoms with van der Waals surface area (Å²) in [7, 11) is 1.37. The van der Waals surface area contributed by atoms with E-state index in [1.807, 2.05) is 32.2 Å². The van der Waals surface area contributed by atoms with E-state index in [9.17, 15) is 13.6 Å². The molecule has 0 unspecified atom stereocenters. The van der Waals surface area contributed by atoms with E-state index in [1.165, 1.54) is 13.2 Å². The highest BCUT2D eigenvalue weighted by Crippen LogP contribution is 2.38. The Labute approximate surface area is 195 Å². The van der Waals surface area contributed by atoms with Gasteiger partial charge >= 0.3 is 6.61 Å². The molecule has 0 atom stereocenters. The van der Waals surface area contributed by atoms with E-state index in [-0.39, 0.29) is 36.3 Å². The highest BCUT2D eigenvalue weighted by molar-refractivity contribution is 6.01. The standard InChI is InChI=1S/C24H27F2N3O5/c1-24(2,33-9-8-30)15-4-7-18-17(12-27-29(18)13-15)14-10-19(32-3)21(20(11-14)34-23(25)26)22(31)28-16-5-6-16/h4,7,10-13,16,23,30H,5-6,8-9H2,1-3H3,(H,28,31). The van der Waals surface area contributed by atoms with Crippen molar-refractivity contribution in [3.8, 4) is 22.6 Å². The van der Waals surface area contributed by atoms with Crippen molar-refractivity contribution in [3.05, 3.63) is 47.8 Å². The molecule has 1 saturated carbocycles. The number of ether oxygens (including phenoxy) is 3. The van der Waals surface area contributed by atoms with E-state index < -0.39 is 18.1 Å². The summed E-state index contributed by atoms with van der Waals surface area (Å²) in [5.74, 6) is -0.658. The second kappa shape index (κ2) is 9.55. The molecule has 0 saturated heterocycles. The SMILES string of the molecule is COc1cc(-c2cnn3cc(C(C)(C)OCCO)ccc23)cc(OC(F)F)c1C(=O)NC1CC1. The van der Waals surface area contributed by atoms with Gasteiger partial charge in [0, 0.05) is 23.4 Å². The first-order valence-electron chi connectivity index (χ1n) is 10.9. The lowest BCUT2D eigenvalue weighted by Crippen LogP contribution is -2.26. The Morgan fingerprint density at radius 2 is 2.03 bits per heavy atom. The summed E-state index contributed by atoms with van der Waals surface area (Å²) in [6, 6.07) is 6.77. The summed E-state index contributed by atoms with van der Waals surface area (Å²) in [4.78, 5) is 12.7. The number of halogens is 2. The number of pyridine rings is 1. The molecular formula is C24H27F2N3O5. The normalized spacial score (nSPS) is 14.0. The van der Waals surface area contributed by atoms with E-state index in [0.717, 1.165) is 18.4 Å². The maximum atomic E-state index is 13.2. The molecule has 4 rings (SSSR count). The molecule has 0 bridgehead atoms. The van der Waals surface area contributed by atoms with Gasteiger partial charge in [0.25, 0.3) is 5.91 Å². The molecule has 1 aliphatic carbocycles. The molecule has 1 aromatic carbocycles. The van der Waals surface area contributed by atoms with E-state index >= 15 is 0 Å². The quantitative estimate of drug-likeness (QED) is 0.464. The van der Waals surface area contributed by atoms with Crippen LogP contribution < -0.4 is 14.8 Å². The number of aliphatic hydroxyl groups excluding tert-OH is 1. The Morgan fingerprint density at radius 1 is 1.29 bits per heavy atom. The molecule has 3 aromatic rings. The molecule has 34 heavy (non-hydrogen) atoms. The van der Waals surface area contributed by atoms with Crippen LogP contribution in [0.25, 0.3) is 16.6 Å². The van der Waals surface area contributed by atoms with Crippen molar-refractivity contribution in [2.45, 2.75) is 44.9 Å². The predicted molar refractivity (Wildman–Crippen MR) is 120 cm³/mol. The van der Waals surface area contributed by atoms with Gasteiger partial charge in [-0.3, -0.25) is 4.79 Å². The maximum absolute atomic E-state index is 13.2. The minimum absolute atomic E-state index is 0.0377. The van der Waals surface area contributed by atoms with E-state index in [2.05, 4.69) is 10.4 Å². The van der Waals surface area contributed by atoms with Gasteiger partial charge in [0.15, 0.2) is 0 Å². The fraction of sp³-hybridized carbons (Fsp3) is 0.417. The smallest absolute Gasteiger partial charge is 0.387 e. The van der Waals surface area contributed by atoms with Crippen LogP contribution in [0.3, 0.4) is 0 Å². The maximum Gasteiger partial charge on any atom is 0.387 e. The number of hydrogen-bond donors (Lipinski definition) is 2. The lowest BCUT2D eigenvalue weighted by molar-refractivity contribution is -0.0502. The molecule has 1 fully saturated rings. The third kappa shape index (κ3) is 4.97. The molecule has 0 radical (unpaired) electrons. The van der Waals surface area contributed by atoms with Gasteiger partial charge in [-0.1, -0.05) is 6.07 Å². The summed E-state index contributed by atoms with van der Waals surface area (Å²) in [5.41, 5.74) is 1.99. The second-order valence-electron chi connectivity index (χ2n) is 8.57. The fourth-order valence-electron chi connectivity index (χ4n) is 3.75. The molecule has 2 N–H and O–H groups in total. The van der Waals surface area contributed by atoms with Crippen LogP contribution in [0.5, 0.6) is 11.5 Å². The van der Waals surface area contributed by atoms with Gasteiger partial charge in [0.05, 0.1) is 37.6 Å². The van der Waals surface area contributed by atoms with Crippen molar-refractivity contribution >= 4 is 11.4 Å². The highest BCUT2D eigenvalue weighted by atomic mass is 19.3. The Balaban J connectivity index is 1.76. The van der Waals surface area contributed by atoms with Gasteiger partial charge in [-0.2, -0.15) is 13.9 Å². The van der Waals surface area contributed by atoms with Crippen LogP contribution in [-0.2, 0) is 10.3 Å². The first-order valence-corrected chi connectivity index (χ1v) is 10.9. The van der Waals surface area contributed by atoms with Gasteiger partial charge in [-0.25, -0.2) is 4.52 Å².